The smallest absolute Gasteiger partial charge is 0.268 e. The number of likely N-dealkylation sites (tertiary alicyclic amines) is 1. The summed E-state index contributed by atoms with van der Waals surface area (Å²) in [5.41, 5.74) is 0.423. The molecule has 0 aliphatic carbocycles. The molecular weight excluding hydrogens is 368 g/mol. The number of hydrogen-bond donors (Lipinski definition) is 1. The number of carbonyl (C=O) groups is 2. The van der Waals surface area contributed by atoms with E-state index in [2.05, 4.69) is 9.97 Å². The fourth-order valence-corrected chi connectivity index (χ4v) is 4.02. The number of aromatic amines is 1. The van der Waals surface area contributed by atoms with Gasteiger partial charge in [-0.3, -0.25) is 14.4 Å². The van der Waals surface area contributed by atoms with Gasteiger partial charge < -0.3 is 19.2 Å². The molecule has 0 aromatic carbocycles. The molecular formula is C18H18N4O4S. The maximum absolute atomic E-state index is 12.7. The summed E-state index contributed by atoms with van der Waals surface area (Å²) in [4.78, 5) is 47.3. The summed E-state index contributed by atoms with van der Waals surface area (Å²) in [5, 5.41) is 1.81. The van der Waals surface area contributed by atoms with Gasteiger partial charge in [0.25, 0.3) is 5.56 Å². The molecule has 9 heteroatoms. The molecule has 4 rings (SSSR count). The number of fused-ring (bicyclic) bond motifs is 1. The van der Waals surface area contributed by atoms with Crippen molar-refractivity contribution >= 4 is 33.4 Å². The lowest BCUT2D eigenvalue weighted by Crippen LogP contribution is -2.35. The summed E-state index contributed by atoms with van der Waals surface area (Å²) >= 11 is 1.33. The first-order chi connectivity index (χ1) is 13.0. The quantitative estimate of drug-likeness (QED) is 0.718. The van der Waals surface area contributed by atoms with Gasteiger partial charge in [-0.2, -0.15) is 0 Å². The van der Waals surface area contributed by atoms with Gasteiger partial charge in [0.15, 0.2) is 0 Å². The lowest BCUT2D eigenvalue weighted by atomic mass is 10.1. The minimum absolute atomic E-state index is 0.0654. The minimum atomic E-state index is -0.408. The van der Waals surface area contributed by atoms with Crippen LogP contribution in [-0.4, -0.2) is 45.2 Å². The summed E-state index contributed by atoms with van der Waals surface area (Å²) in [6.07, 6.45) is 1.74. The highest BCUT2D eigenvalue weighted by molar-refractivity contribution is 7.17. The first-order valence-corrected chi connectivity index (χ1v) is 9.41. The number of thiophene rings is 1. The fourth-order valence-electron chi connectivity index (χ4n) is 3.29. The molecule has 1 N–H and O–H groups in total. The SMILES string of the molecule is CN(Cc1nc2ccsc2c(=O)[nH]1)C(=O)C1CC(=O)N(Cc2ccco2)C1. The summed E-state index contributed by atoms with van der Waals surface area (Å²) in [7, 11) is 1.65. The summed E-state index contributed by atoms with van der Waals surface area (Å²) in [6.45, 7) is 0.905. The minimum Gasteiger partial charge on any atom is -0.467 e. The first kappa shape index (κ1) is 17.5. The van der Waals surface area contributed by atoms with Crippen LogP contribution in [0.1, 0.15) is 18.0 Å². The maximum atomic E-state index is 12.7. The second-order valence-electron chi connectivity index (χ2n) is 6.60. The van der Waals surface area contributed by atoms with Gasteiger partial charge in [-0.05, 0) is 23.6 Å². The Hall–Kier alpha value is -2.94. The third-order valence-electron chi connectivity index (χ3n) is 4.62. The molecule has 1 aliphatic heterocycles. The zero-order chi connectivity index (χ0) is 19.0. The lowest BCUT2D eigenvalue weighted by Gasteiger charge is -2.20. The van der Waals surface area contributed by atoms with Gasteiger partial charge in [-0.15, -0.1) is 11.3 Å². The third-order valence-corrected chi connectivity index (χ3v) is 5.52. The number of H-pyrrole nitrogens is 1. The molecule has 4 heterocycles. The molecule has 3 aromatic heterocycles. The number of carbonyl (C=O) groups excluding carboxylic acids is 2. The van der Waals surface area contributed by atoms with Crippen molar-refractivity contribution in [3.8, 4) is 0 Å². The molecule has 0 radical (unpaired) electrons. The third kappa shape index (κ3) is 3.50. The van der Waals surface area contributed by atoms with Crippen molar-refractivity contribution < 1.29 is 14.0 Å². The molecule has 2 amide bonds. The van der Waals surface area contributed by atoms with Crippen LogP contribution in [0.2, 0.25) is 0 Å². The van der Waals surface area contributed by atoms with Crippen LogP contribution in [0.4, 0.5) is 0 Å². The van der Waals surface area contributed by atoms with Crippen LogP contribution in [0.25, 0.3) is 10.2 Å². The van der Waals surface area contributed by atoms with E-state index in [0.717, 1.165) is 0 Å². The molecule has 1 atom stereocenters. The highest BCUT2D eigenvalue weighted by atomic mass is 32.1. The van der Waals surface area contributed by atoms with Crippen molar-refractivity contribution in [3.63, 3.8) is 0 Å². The van der Waals surface area contributed by atoms with Crippen LogP contribution in [0.3, 0.4) is 0 Å². The van der Waals surface area contributed by atoms with E-state index in [0.29, 0.717) is 34.9 Å². The van der Waals surface area contributed by atoms with Crippen molar-refractivity contribution in [3.05, 3.63) is 51.8 Å². The Morgan fingerprint density at radius 1 is 1.44 bits per heavy atom. The van der Waals surface area contributed by atoms with Gasteiger partial charge in [-0.25, -0.2) is 4.98 Å². The Bertz CT molecular complexity index is 1040. The van der Waals surface area contributed by atoms with E-state index in [-0.39, 0.29) is 30.3 Å². The van der Waals surface area contributed by atoms with E-state index in [9.17, 15) is 14.4 Å². The lowest BCUT2D eigenvalue weighted by molar-refractivity contribution is -0.135. The molecule has 1 saturated heterocycles. The molecule has 140 valence electrons. The van der Waals surface area contributed by atoms with Crippen molar-refractivity contribution in [1.82, 2.24) is 19.8 Å². The summed E-state index contributed by atoms with van der Waals surface area (Å²) in [5.74, 6) is 0.506. The number of nitrogens with zero attached hydrogens (tertiary/aromatic N) is 3. The molecule has 0 spiro atoms. The highest BCUT2D eigenvalue weighted by Crippen LogP contribution is 2.22. The van der Waals surface area contributed by atoms with Crippen LogP contribution in [-0.2, 0) is 22.7 Å². The highest BCUT2D eigenvalue weighted by Gasteiger charge is 2.36. The molecule has 8 nitrogen and oxygen atoms in total. The van der Waals surface area contributed by atoms with E-state index >= 15 is 0 Å². The van der Waals surface area contributed by atoms with Gasteiger partial charge in [0, 0.05) is 20.0 Å². The molecule has 1 fully saturated rings. The van der Waals surface area contributed by atoms with Gasteiger partial charge in [0.2, 0.25) is 11.8 Å². The van der Waals surface area contributed by atoms with Crippen molar-refractivity contribution in [2.75, 3.05) is 13.6 Å². The molecule has 1 aliphatic rings. The van der Waals surface area contributed by atoms with Crippen LogP contribution in [0, 0.1) is 5.92 Å². The normalized spacial score (nSPS) is 17.0. The van der Waals surface area contributed by atoms with Crippen LogP contribution in [0.5, 0.6) is 0 Å². The average Bonchev–Trinajstić information content (AvgIpc) is 3.36. The van der Waals surface area contributed by atoms with Crippen molar-refractivity contribution in [2.45, 2.75) is 19.5 Å². The Kier molecular flexibility index (Phi) is 4.53. The number of amides is 2. The number of rotatable bonds is 5. The topological polar surface area (TPSA) is 99.5 Å². The second kappa shape index (κ2) is 6.99. The fraction of sp³-hybridized carbons (Fsp3) is 0.333. The molecule has 0 saturated carbocycles. The van der Waals surface area contributed by atoms with Gasteiger partial charge in [0.1, 0.15) is 16.3 Å². The predicted octanol–water partition coefficient (Wildman–Crippen LogP) is 1.58. The summed E-state index contributed by atoms with van der Waals surface area (Å²) in [6, 6.07) is 5.35. The second-order valence-corrected chi connectivity index (χ2v) is 7.51. The van der Waals surface area contributed by atoms with Crippen LogP contribution in [0.15, 0.2) is 39.1 Å². The Morgan fingerprint density at radius 2 is 2.30 bits per heavy atom. The monoisotopic (exact) mass is 386 g/mol. The van der Waals surface area contributed by atoms with Gasteiger partial charge in [-0.1, -0.05) is 0 Å². The van der Waals surface area contributed by atoms with Crippen molar-refractivity contribution in [1.29, 1.82) is 0 Å². The number of hydrogen-bond acceptors (Lipinski definition) is 6. The van der Waals surface area contributed by atoms with Crippen LogP contribution < -0.4 is 5.56 Å². The Balaban J connectivity index is 1.42. The van der Waals surface area contributed by atoms with Gasteiger partial charge in [0.05, 0.1) is 30.8 Å². The molecule has 0 bridgehead atoms. The summed E-state index contributed by atoms with van der Waals surface area (Å²) < 4.78 is 5.85. The van der Waals surface area contributed by atoms with Crippen molar-refractivity contribution in [2.24, 2.45) is 5.92 Å². The zero-order valence-corrected chi connectivity index (χ0v) is 15.5. The van der Waals surface area contributed by atoms with Gasteiger partial charge >= 0.3 is 0 Å². The number of furan rings is 1. The van der Waals surface area contributed by atoms with E-state index in [1.807, 2.05) is 5.38 Å². The number of nitrogens with one attached hydrogen (secondary N) is 1. The van der Waals surface area contributed by atoms with E-state index in [4.69, 9.17) is 4.42 Å². The molecule has 27 heavy (non-hydrogen) atoms. The Labute approximate surface area is 158 Å². The van der Waals surface area contributed by atoms with E-state index in [1.54, 1.807) is 36.4 Å². The van der Waals surface area contributed by atoms with E-state index < -0.39 is 5.92 Å². The maximum Gasteiger partial charge on any atom is 0.268 e. The van der Waals surface area contributed by atoms with Crippen LogP contribution >= 0.6 is 11.3 Å². The zero-order valence-electron chi connectivity index (χ0n) is 14.7. The predicted molar refractivity (Wildman–Crippen MR) is 98.9 cm³/mol. The molecule has 1 unspecified atom stereocenters. The van der Waals surface area contributed by atoms with E-state index in [1.165, 1.54) is 16.2 Å². The first-order valence-electron chi connectivity index (χ1n) is 8.53. The largest absolute Gasteiger partial charge is 0.467 e. The number of aromatic nitrogens is 2. The molecule has 3 aromatic rings. The Morgan fingerprint density at radius 3 is 3.07 bits per heavy atom. The average molecular weight is 386 g/mol. The standard InChI is InChI=1S/C18H18N4O4S/c1-21(10-14-19-13-4-6-27-16(13)17(24)20-14)18(25)11-7-15(23)22(8-11)9-12-3-2-5-26-12/h2-6,11H,7-10H2,1H3,(H,19,20,24).